The minimum Gasteiger partial charge on any atom is -0.0620 e. The molecule has 0 nitrogen and oxygen atoms in total. The van der Waals surface area contributed by atoms with Crippen molar-refractivity contribution < 1.29 is 0 Å². The summed E-state index contributed by atoms with van der Waals surface area (Å²) in [7, 11) is 0. The first-order valence-corrected chi connectivity index (χ1v) is 7.71. The first-order valence-electron chi connectivity index (χ1n) is 3.17. The lowest BCUT2D eigenvalue weighted by atomic mass is 10.4. The lowest BCUT2D eigenvalue weighted by Gasteiger charge is -2.09. The monoisotopic (exact) mass is 261 g/mol. The molecule has 0 heterocycles. The van der Waals surface area contributed by atoms with Crippen molar-refractivity contribution in [3.63, 3.8) is 0 Å². The largest absolute Gasteiger partial charge is 0.276 e. The summed E-state index contributed by atoms with van der Waals surface area (Å²) in [5.74, 6) is -2.39. The van der Waals surface area contributed by atoms with Crippen molar-refractivity contribution in [2.24, 2.45) is 0 Å². The Morgan fingerprint density at radius 2 is 1.50 bits per heavy atom. The first kappa shape index (κ1) is 10.9. The van der Waals surface area contributed by atoms with E-state index in [-0.39, 0.29) is 0 Å². The standard InChI is InChI=1S/C7H6Cl4P/c8-7(9)12(10,11)6-4-2-1-3-5-6/h1-5,7H/q+1. The van der Waals surface area contributed by atoms with Crippen LogP contribution in [0.15, 0.2) is 30.3 Å². The Morgan fingerprint density at radius 3 is 1.92 bits per heavy atom. The fraction of sp³-hybridized carbons (Fsp3) is 0.143. The van der Waals surface area contributed by atoms with E-state index in [1.165, 1.54) is 0 Å². The fourth-order valence-electron chi connectivity index (χ4n) is 0.739. The van der Waals surface area contributed by atoms with E-state index in [1.807, 2.05) is 30.3 Å². The summed E-state index contributed by atoms with van der Waals surface area (Å²) >= 11 is 23.3. The van der Waals surface area contributed by atoms with Gasteiger partial charge in [0, 0.05) is 0 Å². The zero-order valence-corrected chi connectivity index (χ0v) is 9.84. The normalized spacial score (nSPS) is 12.1. The first-order chi connectivity index (χ1) is 5.55. The van der Waals surface area contributed by atoms with Crippen LogP contribution in [-0.4, -0.2) is 4.58 Å². The molecule has 0 unspecified atom stereocenters. The predicted octanol–water partition coefficient (Wildman–Crippen LogP) is 4.40. The molecule has 0 aliphatic carbocycles. The summed E-state index contributed by atoms with van der Waals surface area (Å²) in [5.41, 5.74) is 0. The molecule has 66 valence electrons. The van der Waals surface area contributed by atoms with Gasteiger partial charge < -0.3 is 0 Å². The van der Waals surface area contributed by atoms with Crippen LogP contribution in [0.4, 0.5) is 0 Å². The summed E-state index contributed by atoms with van der Waals surface area (Å²) in [4.78, 5) is 0. The third-order valence-electron chi connectivity index (χ3n) is 1.35. The SMILES string of the molecule is ClC(Cl)[P+](Cl)(Cl)c1ccccc1. The molecule has 0 aliphatic heterocycles. The third-order valence-corrected chi connectivity index (χ3v) is 8.12. The molecule has 1 aromatic rings. The number of benzene rings is 1. The van der Waals surface area contributed by atoms with E-state index in [2.05, 4.69) is 0 Å². The van der Waals surface area contributed by atoms with Gasteiger partial charge in [-0.1, -0.05) is 41.4 Å². The molecule has 0 N–H and O–H groups in total. The molecule has 1 aromatic carbocycles. The van der Waals surface area contributed by atoms with Crippen LogP contribution in [0.2, 0.25) is 0 Å². The summed E-state index contributed by atoms with van der Waals surface area (Å²) in [6, 6.07) is 9.24. The topological polar surface area (TPSA) is 0 Å². The van der Waals surface area contributed by atoms with Crippen molar-refractivity contribution in [2.45, 2.75) is 4.58 Å². The van der Waals surface area contributed by atoms with Gasteiger partial charge in [-0.2, -0.15) is 0 Å². The molecule has 0 bridgehead atoms. The van der Waals surface area contributed by atoms with Crippen LogP contribution in [0.5, 0.6) is 0 Å². The van der Waals surface area contributed by atoms with Crippen molar-refractivity contribution in [1.29, 1.82) is 0 Å². The van der Waals surface area contributed by atoms with Gasteiger partial charge in [0.25, 0.3) is 10.5 Å². The van der Waals surface area contributed by atoms with Gasteiger partial charge in [0.2, 0.25) is 0 Å². The van der Waals surface area contributed by atoms with Crippen molar-refractivity contribution >= 4 is 57.0 Å². The van der Waals surface area contributed by atoms with Gasteiger partial charge in [-0.15, -0.1) is 0 Å². The van der Waals surface area contributed by atoms with Crippen LogP contribution in [0.25, 0.3) is 0 Å². The molecule has 0 fully saturated rings. The minimum atomic E-state index is -2.39. The van der Waals surface area contributed by atoms with Gasteiger partial charge >= 0.3 is 0 Å². The van der Waals surface area contributed by atoms with Gasteiger partial charge in [0.15, 0.2) is 0 Å². The Morgan fingerprint density at radius 1 is 1.00 bits per heavy atom. The van der Waals surface area contributed by atoms with E-state index in [4.69, 9.17) is 45.7 Å². The van der Waals surface area contributed by atoms with Gasteiger partial charge in [0.05, 0.1) is 0 Å². The van der Waals surface area contributed by atoms with Crippen LogP contribution in [0.1, 0.15) is 0 Å². The average Bonchev–Trinajstić information content (AvgIpc) is 2.06. The second-order valence-corrected chi connectivity index (χ2v) is 9.74. The zero-order valence-electron chi connectivity index (χ0n) is 5.92. The number of halogens is 4. The van der Waals surface area contributed by atoms with Crippen molar-refractivity contribution in [3.05, 3.63) is 30.3 Å². The highest BCUT2D eigenvalue weighted by Gasteiger charge is 2.45. The number of alkyl halides is 2. The van der Waals surface area contributed by atoms with E-state index in [1.54, 1.807) is 0 Å². The Kier molecular flexibility index (Phi) is 3.95. The second kappa shape index (κ2) is 4.35. The molecule has 0 spiro atoms. The fourth-order valence-corrected chi connectivity index (χ4v) is 2.89. The van der Waals surface area contributed by atoms with E-state index >= 15 is 0 Å². The molecule has 0 aromatic heterocycles. The van der Waals surface area contributed by atoms with Crippen molar-refractivity contribution in [2.75, 3.05) is 0 Å². The second-order valence-electron chi connectivity index (χ2n) is 2.17. The Balaban J connectivity index is 2.98. The molecular weight excluding hydrogens is 257 g/mol. The van der Waals surface area contributed by atoms with Gasteiger partial charge in [-0.3, -0.25) is 0 Å². The maximum Gasteiger partial charge on any atom is 0.276 e. The summed E-state index contributed by atoms with van der Waals surface area (Å²) in [5, 5.41) is 0.809. The molecule has 0 amide bonds. The molecule has 0 aliphatic rings. The molecule has 0 radical (unpaired) electrons. The quantitative estimate of drug-likeness (QED) is 0.548. The van der Waals surface area contributed by atoms with Crippen LogP contribution >= 0.6 is 51.7 Å². The minimum absolute atomic E-state index is 0.733. The van der Waals surface area contributed by atoms with Crippen LogP contribution < -0.4 is 5.30 Å². The maximum atomic E-state index is 6.01. The highest BCUT2D eigenvalue weighted by Crippen LogP contribution is 2.73. The summed E-state index contributed by atoms with van der Waals surface area (Å²) < 4.78 is -0.733. The lowest BCUT2D eigenvalue weighted by molar-refractivity contribution is 1.76. The highest BCUT2D eigenvalue weighted by atomic mass is 35.9. The van der Waals surface area contributed by atoms with Gasteiger partial charge in [0.1, 0.15) is 27.8 Å². The Hall–Kier alpha value is 0.810. The molecule has 0 saturated heterocycles. The lowest BCUT2D eigenvalue weighted by Crippen LogP contribution is -2.05. The average molecular weight is 263 g/mol. The Labute approximate surface area is 91.7 Å². The Bertz CT molecular complexity index is 247. The van der Waals surface area contributed by atoms with Crippen LogP contribution in [0, 0.1) is 0 Å². The van der Waals surface area contributed by atoms with Gasteiger partial charge in [-0.05, 0) is 12.1 Å². The molecule has 12 heavy (non-hydrogen) atoms. The predicted molar refractivity (Wildman–Crippen MR) is 60.2 cm³/mol. The van der Waals surface area contributed by atoms with E-state index < -0.39 is 10.5 Å². The van der Waals surface area contributed by atoms with E-state index in [0.29, 0.717) is 0 Å². The molecule has 1 rings (SSSR count). The third kappa shape index (κ3) is 2.40. The summed E-state index contributed by atoms with van der Waals surface area (Å²) in [6.45, 7) is 0. The number of hydrogen-bond donors (Lipinski definition) is 0. The zero-order chi connectivity index (χ0) is 9.19. The number of rotatable bonds is 2. The van der Waals surface area contributed by atoms with Crippen molar-refractivity contribution in [1.82, 2.24) is 0 Å². The van der Waals surface area contributed by atoms with E-state index in [0.717, 1.165) is 5.30 Å². The van der Waals surface area contributed by atoms with Crippen LogP contribution in [-0.2, 0) is 0 Å². The highest BCUT2D eigenvalue weighted by molar-refractivity contribution is 8.23. The smallest absolute Gasteiger partial charge is 0.0620 e. The molecule has 5 heteroatoms. The maximum absolute atomic E-state index is 6.01. The van der Waals surface area contributed by atoms with Crippen LogP contribution in [0.3, 0.4) is 0 Å². The van der Waals surface area contributed by atoms with Crippen molar-refractivity contribution in [3.8, 4) is 0 Å². The molecule has 0 saturated carbocycles. The van der Waals surface area contributed by atoms with E-state index in [9.17, 15) is 0 Å². The summed E-state index contributed by atoms with van der Waals surface area (Å²) in [6.07, 6.45) is 0. The number of hydrogen-bond acceptors (Lipinski definition) is 0. The van der Waals surface area contributed by atoms with Gasteiger partial charge in [-0.25, -0.2) is 0 Å². The molecular formula is C7H6Cl4P+. The molecule has 0 atom stereocenters.